The van der Waals surface area contributed by atoms with E-state index in [2.05, 4.69) is 52.3 Å². The second-order valence-corrected chi connectivity index (χ2v) is 7.21. The molecule has 136 valence electrons. The topological polar surface area (TPSA) is 46.2 Å². The normalized spacial score (nSPS) is 13.6. The molecule has 0 saturated carbocycles. The molecule has 4 nitrogen and oxygen atoms in total. The minimum Gasteiger partial charge on any atom is -0.375 e. The van der Waals surface area contributed by atoms with Crippen LogP contribution in [0.4, 0.5) is 0 Å². The number of rotatable bonds is 9. The van der Waals surface area contributed by atoms with Crippen molar-refractivity contribution in [3.8, 4) is 0 Å². The average Bonchev–Trinajstić information content (AvgIpc) is 2.70. The molecule has 0 aliphatic rings. The molecule has 0 spiro atoms. The molecule has 0 fully saturated rings. The Labute approximate surface area is 159 Å². The van der Waals surface area contributed by atoms with Crippen LogP contribution in [0.2, 0.25) is 0 Å². The number of fused-ring (bicyclic) bond motifs is 1. The number of aromatic nitrogens is 1. The third kappa shape index (κ3) is 5.29. The fourth-order valence-corrected chi connectivity index (χ4v) is 3.51. The first-order valence-corrected chi connectivity index (χ1v) is 9.62. The zero-order valence-corrected chi connectivity index (χ0v) is 16.0. The maximum atomic E-state index is 5.60. The Hall–Kier alpha value is -1.92. The highest BCUT2D eigenvalue weighted by molar-refractivity contribution is 7.97. The van der Waals surface area contributed by atoms with Gasteiger partial charge in [-0.15, -0.1) is 0 Å². The average molecular weight is 368 g/mol. The minimum absolute atomic E-state index is 0.0742. The van der Waals surface area contributed by atoms with Crippen LogP contribution < -0.4 is 10.0 Å². The number of ether oxygens (including phenoxy) is 1. The first-order chi connectivity index (χ1) is 12.8. The number of benzene rings is 2. The van der Waals surface area contributed by atoms with E-state index in [1.54, 1.807) is 19.1 Å². The van der Waals surface area contributed by atoms with Gasteiger partial charge in [-0.3, -0.25) is 9.71 Å². The van der Waals surface area contributed by atoms with Crippen molar-refractivity contribution in [2.75, 3.05) is 20.2 Å². The highest BCUT2D eigenvalue weighted by Gasteiger charge is 2.10. The van der Waals surface area contributed by atoms with Crippen LogP contribution in [0.15, 0.2) is 71.9 Å². The summed E-state index contributed by atoms with van der Waals surface area (Å²) in [6, 6.07) is 19.1. The third-order valence-corrected chi connectivity index (χ3v) is 5.24. The van der Waals surface area contributed by atoms with E-state index in [1.807, 2.05) is 36.7 Å². The van der Waals surface area contributed by atoms with E-state index < -0.39 is 0 Å². The van der Waals surface area contributed by atoms with Gasteiger partial charge in [-0.05, 0) is 48.0 Å². The smallest absolute Gasteiger partial charge is 0.0945 e. The lowest BCUT2D eigenvalue weighted by Gasteiger charge is -2.19. The SMILES string of the molecule is CO[C@H](CNC[C@@H](C)NSc1ccc2cnccc2c1)c1ccccc1. The van der Waals surface area contributed by atoms with Crippen molar-refractivity contribution >= 4 is 22.7 Å². The second kappa shape index (κ2) is 9.69. The lowest BCUT2D eigenvalue weighted by Crippen LogP contribution is -2.35. The Bertz CT molecular complexity index is 812. The van der Waals surface area contributed by atoms with Crippen molar-refractivity contribution < 1.29 is 4.74 Å². The van der Waals surface area contributed by atoms with E-state index in [1.165, 1.54) is 15.8 Å². The molecule has 3 rings (SSSR count). The van der Waals surface area contributed by atoms with E-state index in [-0.39, 0.29) is 6.10 Å². The van der Waals surface area contributed by atoms with Crippen LogP contribution in [-0.2, 0) is 4.74 Å². The van der Waals surface area contributed by atoms with Gasteiger partial charge in [0, 0.05) is 48.9 Å². The molecule has 1 heterocycles. The molecule has 0 unspecified atom stereocenters. The van der Waals surface area contributed by atoms with Gasteiger partial charge in [-0.25, -0.2) is 0 Å². The van der Waals surface area contributed by atoms with E-state index in [0.29, 0.717) is 6.04 Å². The number of hydrogen-bond donors (Lipinski definition) is 2. The standard InChI is InChI=1S/C21H25N3OS/c1-16(13-23-15-21(25-2)17-6-4-3-5-7-17)24-26-20-9-8-19-14-22-11-10-18(19)12-20/h3-12,14,16,21,23-24H,13,15H2,1-2H3/t16-,21-/m1/s1. The van der Waals surface area contributed by atoms with Crippen molar-refractivity contribution in [3.63, 3.8) is 0 Å². The number of pyridine rings is 1. The number of methoxy groups -OCH3 is 1. The fourth-order valence-electron chi connectivity index (χ4n) is 2.77. The number of nitrogens with one attached hydrogen (secondary N) is 2. The summed E-state index contributed by atoms with van der Waals surface area (Å²) in [7, 11) is 1.76. The lowest BCUT2D eigenvalue weighted by atomic mass is 10.1. The molecule has 2 N–H and O–H groups in total. The molecular weight excluding hydrogens is 342 g/mol. The highest BCUT2D eigenvalue weighted by Crippen LogP contribution is 2.21. The zero-order valence-electron chi connectivity index (χ0n) is 15.2. The van der Waals surface area contributed by atoms with Crippen LogP contribution in [0.5, 0.6) is 0 Å². The van der Waals surface area contributed by atoms with Crippen molar-refractivity contribution in [3.05, 3.63) is 72.6 Å². The number of nitrogens with zero attached hydrogens (tertiary/aromatic N) is 1. The predicted molar refractivity (Wildman–Crippen MR) is 109 cm³/mol. The van der Waals surface area contributed by atoms with E-state index in [9.17, 15) is 0 Å². The molecule has 26 heavy (non-hydrogen) atoms. The molecule has 0 bridgehead atoms. The first-order valence-electron chi connectivity index (χ1n) is 8.81. The second-order valence-electron chi connectivity index (χ2n) is 6.30. The molecule has 3 aromatic rings. The highest BCUT2D eigenvalue weighted by atomic mass is 32.2. The van der Waals surface area contributed by atoms with Crippen LogP contribution >= 0.6 is 11.9 Å². The Morgan fingerprint density at radius 3 is 2.69 bits per heavy atom. The van der Waals surface area contributed by atoms with Crippen LogP contribution in [0.25, 0.3) is 10.8 Å². The van der Waals surface area contributed by atoms with Crippen LogP contribution in [0, 0.1) is 0 Å². The molecule has 1 aromatic heterocycles. The van der Waals surface area contributed by atoms with E-state index in [0.717, 1.165) is 18.5 Å². The van der Waals surface area contributed by atoms with Gasteiger partial charge in [0.25, 0.3) is 0 Å². The van der Waals surface area contributed by atoms with Gasteiger partial charge in [-0.1, -0.05) is 36.4 Å². The molecule has 0 saturated heterocycles. The largest absolute Gasteiger partial charge is 0.375 e. The summed E-state index contributed by atoms with van der Waals surface area (Å²) in [4.78, 5) is 5.36. The van der Waals surface area contributed by atoms with Crippen LogP contribution in [0.1, 0.15) is 18.6 Å². The van der Waals surface area contributed by atoms with Gasteiger partial charge >= 0.3 is 0 Å². The van der Waals surface area contributed by atoms with Gasteiger partial charge < -0.3 is 10.1 Å². The monoisotopic (exact) mass is 367 g/mol. The van der Waals surface area contributed by atoms with Gasteiger partial charge in [0.15, 0.2) is 0 Å². The van der Waals surface area contributed by atoms with Crippen LogP contribution in [-0.4, -0.2) is 31.2 Å². The van der Waals surface area contributed by atoms with Crippen molar-refractivity contribution in [1.82, 2.24) is 15.0 Å². The molecule has 2 aromatic carbocycles. The van der Waals surface area contributed by atoms with E-state index in [4.69, 9.17) is 4.74 Å². The summed E-state index contributed by atoms with van der Waals surface area (Å²) in [5, 5.41) is 5.87. The van der Waals surface area contributed by atoms with E-state index >= 15 is 0 Å². The van der Waals surface area contributed by atoms with Crippen LogP contribution in [0.3, 0.4) is 0 Å². The van der Waals surface area contributed by atoms with Gasteiger partial charge in [0.2, 0.25) is 0 Å². The Morgan fingerprint density at radius 1 is 1.04 bits per heavy atom. The van der Waals surface area contributed by atoms with Gasteiger partial charge in [-0.2, -0.15) is 0 Å². The van der Waals surface area contributed by atoms with Crippen molar-refractivity contribution in [2.24, 2.45) is 0 Å². The summed E-state index contributed by atoms with van der Waals surface area (Å²) in [6.07, 6.45) is 3.79. The summed E-state index contributed by atoms with van der Waals surface area (Å²) in [6.45, 7) is 3.84. The van der Waals surface area contributed by atoms with Gasteiger partial charge in [0.05, 0.1) is 6.10 Å². The Kier molecular flexibility index (Phi) is 7.03. The molecular formula is C21H25N3OS. The summed E-state index contributed by atoms with van der Waals surface area (Å²) in [5.74, 6) is 0. The Balaban J connectivity index is 1.44. The summed E-state index contributed by atoms with van der Waals surface area (Å²) >= 11 is 1.66. The molecule has 0 radical (unpaired) electrons. The molecule has 0 aliphatic carbocycles. The first kappa shape index (κ1) is 18.9. The summed E-state index contributed by atoms with van der Waals surface area (Å²) in [5.41, 5.74) is 1.20. The number of hydrogen-bond acceptors (Lipinski definition) is 5. The quantitative estimate of drug-likeness (QED) is 0.555. The fraction of sp³-hybridized carbons (Fsp3) is 0.286. The molecule has 0 aliphatic heterocycles. The van der Waals surface area contributed by atoms with Crippen molar-refractivity contribution in [2.45, 2.75) is 24.0 Å². The molecule has 0 amide bonds. The Morgan fingerprint density at radius 2 is 1.88 bits per heavy atom. The maximum absolute atomic E-state index is 5.60. The third-order valence-electron chi connectivity index (χ3n) is 4.23. The maximum Gasteiger partial charge on any atom is 0.0945 e. The zero-order chi connectivity index (χ0) is 18.2. The minimum atomic E-state index is 0.0742. The molecule has 2 atom stereocenters. The summed E-state index contributed by atoms with van der Waals surface area (Å²) < 4.78 is 9.09. The molecule has 5 heteroatoms. The van der Waals surface area contributed by atoms with Gasteiger partial charge in [0.1, 0.15) is 0 Å². The predicted octanol–water partition coefficient (Wildman–Crippen LogP) is 4.20. The lowest BCUT2D eigenvalue weighted by molar-refractivity contribution is 0.102. The van der Waals surface area contributed by atoms with Crippen molar-refractivity contribution in [1.29, 1.82) is 0 Å².